The Hall–Kier alpha value is -2.28. The van der Waals surface area contributed by atoms with E-state index in [-0.39, 0.29) is 5.91 Å². The van der Waals surface area contributed by atoms with Gasteiger partial charge in [0, 0.05) is 26.2 Å². The number of amides is 1. The van der Waals surface area contributed by atoms with Crippen molar-refractivity contribution in [2.24, 2.45) is 0 Å². The number of aromatic nitrogens is 4. The van der Waals surface area contributed by atoms with E-state index in [0.717, 1.165) is 35.0 Å². The van der Waals surface area contributed by atoms with Gasteiger partial charge >= 0.3 is 0 Å². The van der Waals surface area contributed by atoms with Gasteiger partial charge in [-0.25, -0.2) is 0 Å². The summed E-state index contributed by atoms with van der Waals surface area (Å²) in [4.78, 5) is 13.9. The number of nitrogens with one attached hydrogen (secondary N) is 1. The highest BCUT2D eigenvalue weighted by molar-refractivity contribution is 7.00. The molecular formula is C15H17N5OS. The first-order valence-corrected chi connectivity index (χ1v) is 7.88. The number of rotatable bonds is 6. The zero-order valence-electron chi connectivity index (χ0n) is 12.3. The van der Waals surface area contributed by atoms with Crippen molar-refractivity contribution in [3.05, 3.63) is 41.7 Å². The molecule has 0 radical (unpaired) electrons. The van der Waals surface area contributed by atoms with Crippen LogP contribution in [0.5, 0.6) is 0 Å². The van der Waals surface area contributed by atoms with Crippen LogP contribution < -0.4 is 0 Å². The van der Waals surface area contributed by atoms with Gasteiger partial charge < -0.3 is 4.90 Å². The third-order valence-electron chi connectivity index (χ3n) is 3.57. The van der Waals surface area contributed by atoms with E-state index >= 15 is 0 Å². The second-order valence-electron chi connectivity index (χ2n) is 5.30. The number of hydrogen-bond donors (Lipinski definition) is 1. The van der Waals surface area contributed by atoms with Gasteiger partial charge in [-0.1, -0.05) is 6.07 Å². The maximum absolute atomic E-state index is 12.2. The standard InChI is InChI=1S/C15H17N5OS/c1-20(15(21)4-2-3-12-8-16-17-9-12)10-11-5-6-13-14(7-11)19-22-18-13/h5-9H,2-4,10H2,1H3,(H,16,17). The van der Waals surface area contributed by atoms with E-state index in [1.165, 1.54) is 11.7 Å². The summed E-state index contributed by atoms with van der Waals surface area (Å²) in [5.74, 6) is 0.153. The van der Waals surface area contributed by atoms with Crippen molar-refractivity contribution in [3.63, 3.8) is 0 Å². The monoisotopic (exact) mass is 315 g/mol. The summed E-state index contributed by atoms with van der Waals surface area (Å²) >= 11 is 1.21. The molecule has 2 aromatic heterocycles. The Morgan fingerprint density at radius 1 is 1.27 bits per heavy atom. The first kappa shape index (κ1) is 14.6. The Morgan fingerprint density at radius 3 is 2.95 bits per heavy atom. The third kappa shape index (κ3) is 3.48. The van der Waals surface area contributed by atoms with Gasteiger partial charge in [-0.3, -0.25) is 9.89 Å². The summed E-state index contributed by atoms with van der Waals surface area (Å²) in [5, 5.41) is 6.68. The molecule has 0 aliphatic heterocycles. The predicted molar refractivity (Wildman–Crippen MR) is 85.4 cm³/mol. The van der Waals surface area contributed by atoms with Crippen LogP contribution in [0.25, 0.3) is 11.0 Å². The lowest BCUT2D eigenvalue weighted by atomic mass is 10.1. The van der Waals surface area contributed by atoms with Crippen molar-refractivity contribution >= 4 is 28.7 Å². The molecular weight excluding hydrogens is 298 g/mol. The lowest BCUT2D eigenvalue weighted by Crippen LogP contribution is -2.25. The molecule has 1 amide bonds. The molecule has 22 heavy (non-hydrogen) atoms. The molecule has 0 aliphatic rings. The first-order valence-electron chi connectivity index (χ1n) is 7.15. The third-order valence-corrected chi connectivity index (χ3v) is 4.13. The van der Waals surface area contributed by atoms with Crippen molar-refractivity contribution in [2.45, 2.75) is 25.8 Å². The predicted octanol–water partition coefficient (Wildman–Crippen LogP) is 2.40. The maximum Gasteiger partial charge on any atom is 0.222 e. The number of aromatic amines is 1. The fourth-order valence-electron chi connectivity index (χ4n) is 2.34. The zero-order chi connectivity index (χ0) is 15.4. The average molecular weight is 315 g/mol. The molecule has 0 spiro atoms. The normalized spacial score (nSPS) is 11.0. The van der Waals surface area contributed by atoms with Crippen molar-refractivity contribution in [2.75, 3.05) is 7.05 Å². The summed E-state index contributed by atoms with van der Waals surface area (Å²) in [7, 11) is 1.84. The molecule has 114 valence electrons. The molecule has 6 nitrogen and oxygen atoms in total. The van der Waals surface area contributed by atoms with Gasteiger partial charge in [0.05, 0.1) is 17.9 Å². The van der Waals surface area contributed by atoms with Gasteiger partial charge in [-0.2, -0.15) is 13.8 Å². The highest BCUT2D eigenvalue weighted by Gasteiger charge is 2.10. The Balaban J connectivity index is 1.51. The molecule has 3 aromatic rings. The van der Waals surface area contributed by atoms with Crippen LogP contribution in [0, 0.1) is 0 Å². The number of aryl methyl sites for hydroxylation is 1. The minimum absolute atomic E-state index is 0.153. The largest absolute Gasteiger partial charge is 0.341 e. The van der Waals surface area contributed by atoms with Crippen LogP contribution in [0.1, 0.15) is 24.0 Å². The van der Waals surface area contributed by atoms with Crippen LogP contribution in [0.2, 0.25) is 0 Å². The Kier molecular flexibility index (Phi) is 4.43. The number of hydrogen-bond acceptors (Lipinski definition) is 5. The van der Waals surface area contributed by atoms with Gasteiger partial charge in [-0.05, 0) is 36.1 Å². The molecule has 0 bridgehead atoms. The van der Waals surface area contributed by atoms with E-state index in [2.05, 4.69) is 18.9 Å². The van der Waals surface area contributed by atoms with Gasteiger partial charge in [-0.15, -0.1) is 0 Å². The molecule has 3 rings (SSSR count). The fourth-order valence-corrected chi connectivity index (χ4v) is 2.85. The Morgan fingerprint density at radius 2 is 2.14 bits per heavy atom. The van der Waals surface area contributed by atoms with Crippen LogP contribution in [0.4, 0.5) is 0 Å². The minimum atomic E-state index is 0.153. The van der Waals surface area contributed by atoms with E-state index in [1.807, 2.05) is 31.4 Å². The maximum atomic E-state index is 12.2. The van der Waals surface area contributed by atoms with Crippen molar-refractivity contribution in [1.82, 2.24) is 23.8 Å². The quantitative estimate of drug-likeness (QED) is 0.758. The number of nitrogens with zero attached hydrogens (tertiary/aromatic N) is 4. The number of fused-ring (bicyclic) bond motifs is 1. The van der Waals surface area contributed by atoms with Crippen molar-refractivity contribution in [1.29, 1.82) is 0 Å². The SMILES string of the molecule is CN(Cc1ccc2nsnc2c1)C(=O)CCCc1cn[nH]c1. The average Bonchev–Trinajstić information content (AvgIpc) is 3.17. The number of carbonyl (C=O) groups is 1. The molecule has 7 heteroatoms. The molecule has 0 saturated heterocycles. The Bertz CT molecular complexity index is 752. The first-order chi connectivity index (χ1) is 10.7. The lowest BCUT2D eigenvalue weighted by molar-refractivity contribution is -0.130. The highest BCUT2D eigenvalue weighted by atomic mass is 32.1. The highest BCUT2D eigenvalue weighted by Crippen LogP contribution is 2.15. The van der Waals surface area contributed by atoms with Gasteiger partial charge in [0.15, 0.2) is 0 Å². The minimum Gasteiger partial charge on any atom is -0.341 e. The summed E-state index contributed by atoms with van der Waals surface area (Å²) in [6, 6.07) is 5.94. The topological polar surface area (TPSA) is 74.8 Å². The van der Waals surface area contributed by atoms with E-state index < -0.39 is 0 Å². The molecule has 1 aromatic carbocycles. The van der Waals surface area contributed by atoms with Crippen molar-refractivity contribution in [3.8, 4) is 0 Å². The summed E-state index contributed by atoms with van der Waals surface area (Å²) in [6.45, 7) is 0.595. The summed E-state index contributed by atoms with van der Waals surface area (Å²) in [6.07, 6.45) is 5.91. The fraction of sp³-hybridized carbons (Fsp3) is 0.333. The zero-order valence-corrected chi connectivity index (χ0v) is 13.1. The van der Waals surface area contributed by atoms with E-state index in [4.69, 9.17) is 0 Å². The van der Waals surface area contributed by atoms with Crippen LogP contribution >= 0.6 is 11.7 Å². The molecule has 1 N–H and O–H groups in total. The molecule has 0 aliphatic carbocycles. The van der Waals surface area contributed by atoms with Crippen LogP contribution in [-0.4, -0.2) is 36.8 Å². The molecule has 0 atom stereocenters. The molecule has 2 heterocycles. The summed E-state index contributed by atoms with van der Waals surface area (Å²) < 4.78 is 8.41. The second kappa shape index (κ2) is 6.65. The molecule has 0 saturated carbocycles. The van der Waals surface area contributed by atoms with Crippen LogP contribution in [0.15, 0.2) is 30.6 Å². The van der Waals surface area contributed by atoms with E-state index in [0.29, 0.717) is 13.0 Å². The number of H-pyrrole nitrogens is 1. The van der Waals surface area contributed by atoms with Crippen molar-refractivity contribution < 1.29 is 4.79 Å². The van der Waals surface area contributed by atoms with E-state index in [9.17, 15) is 4.79 Å². The molecule has 0 fully saturated rings. The van der Waals surface area contributed by atoms with Crippen LogP contribution in [0.3, 0.4) is 0 Å². The number of benzene rings is 1. The van der Waals surface area contributed by atoms with Gasteiger partial charge in [0.2, 0.25) is 5.91 Å². The van der Waals surface area contributed by atoms with E-state index in [1.54, 1.807) is 11.1 Å². The lowest BCUT2D eigenvalue weighted by Gasteiger charge is -2.17. The Labute approximate surface area is 132 Å². The van der Waals surface area contributed by atoms with Gasteiger partial charge in [0.1, 0.15) is 11.0 Å². The second-order valence-corrected chi connectivity index (χ2v) is 5.83. The summed E-state index contributed by atoms with van der Waals surface area (Å²) in [5.41, 5.74) is 4.01. The smallest absolute Gasteiger partial charge is 0.222 e. The molecule has 0 unspecified atom stereocenters. The van der Waals surface area contributed by atoms with Crippen LogP contribution in [-0.2, 0) is 17.8 Å². The number of carbonyl (C=O) groups excluding carboxylic acids is 1. The van der Waals surface area contributed by atoms with Gasteiger partial charge in [0.25, 0.3) is 0 Å².